The lowest BCUT2D eigenvalue weighted by atomic mass is 10.0. The van der Waals surface area contributed by atoms with E-state index in [4.69, 9.17) is 0 Å². The van der Waals surface area contributed by atoms with E-state index in [1.807, 2.05) is 49.1 Å². The second-order valence-corrected chi connectivity index (χ2v) is 5.98. The van der Waals surface area contributed by atoms with Gasteiger partial charge in [-0.15, -0.1) is 0 Å². The summed E-state index contributed by atoms with van der Waals surface area (Å²) in [5, 5.41) is 3.08. The molecule has 2 amide bonds. The molecule has 0 radical (unpaired) electrons. The molecule has 0 unspecified atom stereocenters. The molecule has 1 aliphatic rings. The molecule has 0 bridgehead atoms. The number of benzene rings is 1. The van der Waals surface area contributed by atoms with Gasteiger partial charge in [-0.3, -0.25) is 9.59 Å². The van der Waals surface area contributed by atoms with E-state index in [1.54, 1.807) is 0 Å². The van der Waals surface area contributed by atoms with Gasteiger partial charge in [-0.25, -0.2) is 0 Å². The van der Waals surface area contributed by atoms with Crippen molar-refractivity contribution in [2.24, 2.45) is 5.92 Å². The fraction of sp³-hybridized carbons (Fsp3) is 0.529. The molecule has 1 aromatic rings. The molecular weight excluding hydrogens is 264 g/mol. The van der Waals surface area contributed by atoms with Crippen LogP contribution in [0, 0.1) is 5.92 Å². The number of rotatable bonds is 4. The summed E-state index contributed by atoms with van der Waals surface area (Å²) < 4.78 is 0. The first kappa shape index (κ1) is 15.5. The van der Waals surface area contributed by atoms with Crippen molar-refractivity contribution >= 4 is 11.8 Å². The van der Waals surface area contributed by atoms with E-state index < -0.39 is 0 Å². The van der Waals surface area contributed by atoms with E-state index in [0.717, 1.165) is 31.5 Å². The first-order valence-electron chi connectivity index (χ1n) is 7.68. The van der Waals surface area contributed by atoms with Crippen molar-refractivity contribution < 1.29 is 9.59 Å². The van der Waals surface area contributed by atoms with Crippen LogP contribution in [-0.2, 0) is 16.0 Å². The van der Waals surface area contributed by atoms with Crippen LogP contribution in [0.5, 0.6) is 0 Å². The normalized spacial score (nSPS) is 16.0. The van der Waals surface area contributed by atoms with Crippen LogP contribution in [0.25, 0.3) is 0 Å². The van der Waals surface area contributed by atoms with Gasteiger partial charge in [0, 0.05) is 25.0 Å². The van der Waals surface area contributed by atoms with E-state index >= 15 is 0 Å². The molecule has 4 heteroatoms. The summed E-state index contributed by atoms with van der Waals surface area (Å²) in [5.74, 6) is 0.327. The molecule has 1 aliphatic heterocycles. The van der Waals surface area contributed by atoms with Crippen molar-refractivity contribution in [2.75, 3.05) is 13.1 Å². The third-order valence-electron chi connectivity index (χ3n) is 3.87. The largest absolute Gasteiger partial charge is 0.353 e. The van der Waals surface area contributed by atoms with Crippen LogP contribution in [0.4, 0.5) is 0 Å². The summed E-state index contributed by atoms with van der Waals surface area (Å²) in [6.07, 6.45) is 2.12. The zero-order chi connectivity index (χ0) is 15.2. The fourth-order valence-electron chi connectivity index (χ4n) is 2.67. The molecule has 0 aromatic heterocycles. The van der Waals surface area contributed by atoms with Crippen molar-refractivity contribution in [1.29, 1.82) is 0 Å². The number of carbonyl (C=O) groups excluding carboxylic acids is 2. The van der Waals surface area contributed by atoms with Gasteiger partial charge >= 0.3 is 0 Å². The number of hydrogen-bond donors (Lipinski definition) is 1. The van der Waals surface area contributed by atoms with Crippen molar-refractivity contribution in [2.45, 2.75) is 39.2 Å². The Bertz CT molecular complexity index is 477. The minimum absolute atomic E-state index is 0.0502. The molecule has 0 spiro atoms. The summed E-state index contributed by atoms with van der Waals surface area (Å²) in [4.78, 5) is 25.8. The maximum Gasteiger partial charge on any atom is 0.225 e. The average molecular weight is 288 g/mol. The number of nitrogens with zero attached hydrogens (tertiary/aromatic N) is 1. The third-order valence-corrected chi connectivity index (χ3v) is 3.87. The highest BCUT2D eigenvalue weighted by atomic mass is 16.2. The second-order valence-electron chi connectivity index (χ2n) is 5.98. The molecule has 1 heterocycles. The number of hydrogen-bond acceptors (Lipinski definition) is 2. The molecule has 1 saturated heterocycles. The Morgan fingerprint density at radius 2 is 1.81 bits per heavy atom. The van der Waals surface area contributed by atoms with Gasteiger partial charge in [-0.2, -0.15) is 0 Å². The molecule has 0 atom stereocenters. The number of amides is 2. The van der Waals surface area contributed by atoms with Gasteiger partial charge in [0.25, 0.3) is 0 Å². The smallest absolute Gasteiger partial charge is 0.225 e. The van der Waals surface area contributed by atoms with E-state index in [0.29, 0.717) is 6.42 Å². The van der Waals surface area contributed by atoms with Crippen LogP contribution in [-0.4, -0.2) is 35.8 Å². The first-order chi connectivity index (χ1) is 10.1. The molecule has 1 N–H and O–H groups in total. The van der Waals surface area contributed by atoms with Gasteiger partial charge in [0.2, 0.25) is 11.8 Å². The Morgan fingerprint density at radius 1 is 1.19 bits per heavy atom. The Kier molecular flexibility index (Phi) is 5.37. The zero-order valence-electron chi connectivity index (χ0n) is 12.8. The van der Waals surface area contributed by atoms with E-state index in [9.17, 15) is 9.59 Å². The maximum atomic E-state index is 12.0. The summed E-state index contributed by atoms with van der Waals surface area (Å²) >= 11 is 0. The number of nitrogens with one attached hydrogen (secondary N) is 1. The quantitative estimate of drug-likeness (QED) is 0.921. The average Bonchev–Trinajstić information content (AvgIpc) is 2.48. The Labute approximate surface area is 126 Å². The summed E-state index contributed by atoms with van der Waals surface area (Å²) in [6, 6.07) is 9.95. The van der Waals surface area contributed by atoms with Crippen LogP contribution in [0.15, 0.2) is 30.3 Å². The molecule has 21 heavy (non-hydrogen) atoms. The van der Waals surface area contributed by atoms with Crippen LogP contribution in [0.1, 0.15) is 32.3 Å². The van der Waals surface area contributed by atoms with Gasteiger partial charge in [0.15, 0.2) is 0 Å². The molecule has 114 valence electrons. The summed E-state index contributed by atoms with van der Waals surface area (Å²) in [6.45, 7) is 5.34. The van der Waals surface area contributed by atoms with Gasteiger partial charge in [-0.05, 0) is 18.4 Å². The predicted octanol–water partition coefficient (Wildman–Crippen LogP) is 1.99. The highest BCUT2D eigenvalue weighted by molar-refractivity contribution is 5.79. The Morgan fingerprint density at radius 3 is 2.38 bits per heavy atom. The van der Waals surface area contributed by atoms with Crippen molar-refractivity contribution in [1.82, 2.24) is 10.2 Å². The molecule has 1 aromatic carbocycles. The minimum Gasteiger partial charge on any atom is -0.353 e. The van der Waals surface area contributed by atoms with E-state index in [2.05, 4.69) is 5.32 Å². The van der Waals surface area contributed by atoms with Crippen molar-refractivity contribution in [3.05, 3.63) is 35.9 Å². The van der Waals surface area contributed by atoms with Crippen molar-refractivity contribution in [3.8, 4) is 0 Å². The van der Waals surface area contributed by atoms with Crippen LogP contribution >= 0.6 is 0 Å². The maximum absolute atomic E-state index is 12.0. The van der Waals surface area contributed by atoms with Gasteiger partial charge < -0.3 is 10.2 Å². The lowest BCUT2D eigenvalue weighted by molar-refractivity contribution is -0.135. The lowest BCUT2D eigenvalue weighted by Crippen LogP contribution is -2.47. The number of carbonyl (C=O) groups is 2. The zero-order valence-corrected chi connectivity index (χ0v) is 12.8. The molecule has 4 nitrogen and oxygen atoms in total. The van der Waals surface area contributed by atoms with E-state index in [1.165, 1.54) is 0 Å². The fourth-order valence-corrected chi connectivity index (χ4v) is 2.67. The standard InChI is InChI=1S/C17H24N2O2/c1-13(2)17(21)19-10-8-15(9-11-19)18-16(20)12-14-6-4-3-5-7-14/h3-7,13,15H,8-12H2,1-2H3,(H,18,20). The highest BCUT2D eigenvalue weighted by Crippen LogP contribution is 2.13. The lowest BCUT2D eigenvalue weighted by Gasteiger charge is -2.33. The third kappa shape index (κ3) is 4.59. The number of likely N-dealkylation sites (tertiary alicyclic amines) is 1. The Hall–Kier alpha value is -1.84. The van der Waals surface area contributed by atoms with Crippen LogP contribution in [0.3, 0.4) is 0 Å². The first-order valence-corrected chi connectivity index (χ1v) is 7.68. The van der Waals surface area contributed by atoms with Crippen molar-refractivity contribution in [3.63, 3.8) is 0 Å². The van der Waals surface area contributed by atoms with Crippen LogP contribution < -0.4 is 5.32 Å². The van der Waals surface area contributed by atoms with Gasteiger partial charge in [0.05, 0.1) is 6.42 Å². The summed E-state index contributed by atoms with van der Waals surface area (Å²) in [5.41, 5.74) is 1.03. The second kappa shape index (κ2) is 7.25. The molecule has 1 fully saturated rings. The summed E-state index contributed by atoms with van der Waals surface area (Å²) in [7, 11) is 0. The molecule has 0 saturated carbocycles. The topological polar surface area (TPSA) is 49.4 Å². The van der Waals surface area contributed by atoms with Crippen LogP contribution in [0.2, 0.25) is 0 Å². The van der Waals surface area contributed by atoms with Gasteiger partial charge in [-0.1, -0.05) is 44.2 Å². The van der Waals surface area contributed by atoms with E-state index in [-0.39, 0.29) is 23.8 Å². The SMILES string of the molecule is CC(C)C(=O)N1CCC(NC(=O)Cc2ccccc2)CC1. The Balaban J connectivity index is 1.76. The number of piperidine rings is 1. The molecule has 0 aliphatic carbocycles. The van der Waals surface area contributed by atoms with Gasteiger partial charge in [0.1, 0.15) is 0 Å². The molecular formula is C17H24N2O2. The highest BCUT2D eigenvalue weighted by Gasteiger charge is 2.24. The molecule has 2 rings (SSSR count). The predicted molar refractivity (Wildman–Crippen MR) is 82.7 cm³/mol. The minimum atomic E-state index is 0.0502. The monoisotopic (exact) mass is 288 g/mol.